The van der Waals surface area contributed by atoms with Crippen LogP contribution in [-0.4, -0.2) is 27.1 Å². The fourth-order valence-corrected chi connectivity index (χ4v) is 5.55. The number of hydrogen-bond acceptors (Lipinski definition) is 5. The fraction of sp³-hybridized carbons (Fsp3) is 0.265. The molecule has 6 nitrogen and oxygen atoms in total. The first-order valence-electron chi connectivity index (χ1n) is 14.0. The van der Waals surface area contributed by atoms with Crippen LogP contribution >= 0.6 is 0 Å². The lowest BCUT2D eigenvalue weighted by atomic mass is 10.0. The van der Waals surface area contributed by atoms with Crippen molar-refractivity contribution in [2.24, 2.45) is 5.92 Å². The molecule has 5 rings (SSSR count). The van der Waals surface area contributed by atoms with Crippen LogP contribution in [0.2, 0.25) is 0 Å². The molecular weight excluding hydrogens is 532 g/mol. The summed E-state index contributed by atoms with van der Waals surface area (Å²) < 4.78 is 32.4. The van der Waals surface area contributed by atoms with E-state index in [2.05, 4.69) is 21.8 Å². The summed E-state index contributed by atoms with van der Waals surface area (Å²) in [6, 6.07) is 30.9. The van der Waals surface area contributed by atoms with Crippen molar-refractivity contribution in [3.63, 3.8) is 0 Å². The minimum atomic E-state index is -3.41. The number of rotatable bonds is 13. The molecule has 7 heteroatoms. The maximum atomic E-state index is 13.3. The van der Waals surface area contributed by atoms with E-state index < -0.39 is 10.0 Å². The number of hydrogen-bond donors (Lipinski definition) is 1. The number of sulfonamides is 1. The number of benzene rings is 4. The molecule has 0 unspecified atom stereocenters. The van der Waals surface area contributed by atoms with Gasteiger partial charge in [0, 0.05) is 29.9 Å². The van der Waals surface area contributed by atoms with Gasteiger partial charge in [0.15, 0.2) is 5.78 Å². The third-order valence-electron chi connectivity index (χ3n) is 7.34. The molecular formula is C34H36N2O4S. The van der Waals surface area contributed by atoms with Crippen molar-refractivity contribution in [2.45, 2.75) is 39.3 Å². The first-order valence-corrected chi connectivity index (χ1v) is 15.9. The van der Waals surface area contributed by atoms with E-state index in [4.69, 9.17) is 4.74 Å². The van der Waals surface area contributed by atoms with Gasteiger partial charge in [-0.25, -0.2) is 8.42 Å². The van der Waals surface area contributed by atoms with Gasteiger partial charge in [-0.2, -0.15) is 0 Å². The fourth-order valence-electron chi connectivity index (χ4n) is 4.93. The standard InChI is InChI=1S/C34H36N2O4S/c1-25-32(35-41(2,38)39)12-7-13-33(25)36(23-27-8-4-3-5-9-27)24-28-16-18-29(19-17-28)34(37)30-10-6-11-31(22-30)40-21-20-26-14-15-26/h3-13,16-19,22,26,35H,14-15,20-21,23-24H2,1-2H3. The monoisotopic (exact) mass is 568 g/mol. The molecule has 0 spiro atoms. The zero-order valence-corrected chi connectivity index (χ0v) is 24.4. The number of anilines is 2. The Balaban J connectivity index is 1.34. The molecule has 41 heavy (non-hydrogen) atoms. The van der Waals surface area contributed by atoms with Crippen LogP contribution in [0.5, 0.6) is 5.75 Å². The topological polar surface area (TPSA) is 75.7 Å². The van der Waals surface area contributed by atoms with E-state index in [1.165, 1.54) is 12.8 Å². The Morgan fingerprint density at radius 2 is 1.54 bits per heavy atom. The number of ether oxygens (including phenoxy) is 1. The summed E-state index contributed by atoms with van der Waals surface area (Å²) in [5, 5.41) is 0. The molecule has 1 fully saturated rings. The molecule has 0 aromatic heterocycles. The highest BCUT2D eigenvalue weighted by atomic mass is 32.2. The van der Waals surface area contributed by atoms with Crippen molar-refractivity contribution in [1.29, 1.82) is 0 Å². The molecule has 0 aliphatic heterocycles. The number of nitrogens with zero attached hydrogens (tertiary/aromatic N) is 1. The van der Waals surface area contributed by atoms with E-state index in [9.17, 15) is 13.2 Å². The van der Waals surface area contributed by atoms with Crippen LogP contribution in [0.25, 0.3) is 0 Å². The second-order valence-corrected chi connectivity index (χ2v) is 12.5. The van der Waals surface area contributed by atoms with Crippen LogP contribution in [0.1, 0.15) is 51.9 Å². The zero-order chi connectivity index (χ0) is 28.8. The van der Waals surface area contributed by atoms with Crippen molar-refractivity contribution < 1.29 is 17.9 Å². The van der Waals surface area contributed by atoms with Crippen LogP contribution in [-0.2, 0) is 23.1 Å². The van der Waals surface area contributed by atoms with Gasteiger partial charge in [0.05, 0.1) is 18.6 Å². The van der Waals surface area contributed by atoms with Gasteiger partial charge in [-0.1, -0.05) is 85.6 Å². The van der Waals surface area contributed by atoms with Gasteiger partial charge in [0.25, 0.3) is 0 Å². The van der Waals surface area contributed by atoms with Gasteiger partial charge in [0.1, 0.15) is 5.75 Å². The molecule has 0 heterocycles. The average Bonchev–Trinajstić information content (AvgIpc) is 3.78. The normalized spacial score (nSPS) is 13.0. The van der Waals surface area contributed by atoms with E-state index in [0.717, 1.165) is 46.7 Å². The van der Waals surface area contributed by atoms with Gasteiger partial charge in [0.2, 0.25) is 10.0 Å². The van der Waals surface area contributed by atoms with E-state index in [0.29, 0.717) is 36.5 Å². The van der Waals surface area contributed by atoms with Crippen molar-refractivity contribution in [1.82, 2.24) is 0 Å². The van der Waals surface area contributed by atoms with Gasteiger partial charge < -0.3 is 9.64 Å². The molecule has 4 aromatic carbocycles. The summed E-state index contributed by atoms with van der Waals surface area (Å²) in [5.41, 5.74) is 5.74. The number of ketones is 1. The van der Waals surface area contributed by atoms with Crippen LogP contribution in [0.4, 0.5) is 11.4 Å². The molecule has 212 valence electrons. The molecule has 1 saturated carbocycles. The van der Waals surface area contributed by atoms with Gasteiger partial charge >= 0.3 is 0 Å². The van der Waals surface area contributed by atoms with E-state index >= 15 is 0 Å². The third-order valence-corrected chi connectivity index (χ3v) is 7.93. The minimum absolute atomic E-state index is 0.0410. The number of carbonyl (C=O) groups excluding carboxylic acids is 1. The minimum Gasteiger partial charge on any atom is -0.494 e. The van der Waals surface area contributed by atoms with E-state index in [-0.39, 0.29) is 5.78 Å². The molecule has 0 saturated heterocycles. The summed E-state index contributed by atoms with van der Waals surface area (Å²) in [6.45, 7) is 3.82. The van der Waals surface area contributed by atoms with E-state index in [1.807, 2.05) is 85.8 Å². The molecule has 0 atom stereocenters. The lowest BCUT2D eigenvalue weighted by molar-refractivity contribution is 0.103. The van der Waals surface area contributed by atoms with Crippen LogP contribution < -0.4 is 14.4 Å². The molecule has 1 aliphatic rings. The first-order chi connectivity index (χ1) is 19.7. The Bertz CT molecular complexity index is 1600. The van der Waals surface area contributed by atoms with Crippen LogP contribution in [0.3, 0.4) is 0 Å². The molecule has 4 aromatic rings. The average molecular weight is 569 g/mol. The van der Waals surface area contributed by atoms with Crippen LogP contribution in [0, 0.1) is 12.8 Å². The van der Waals surface area contributed by atoms with Crippen molar-refractivity contribution in [3.8, 4) is 5.75 Å². The van der Waals surface area contributed by atoms with Crippen LogP contribution in [0.15, 0.2) is 97.1 Å². The van der Waals surface area contributed by atoms with E-state index in [1.54, 1.807) is 6.07 Å². The summed E-state index contributed by atoms with van der Waals surface area (Å²) in [4.78, 5) is 15.5. The Morgan fingerprint density at radius 3 is 2.22 bits per heavy atom. The highest BCUT2D eigenvalue weighted by Crippen LogP contribution is 2.32. The quantitative estimate of drug-likeness (QED) is 0.176. The largest absolute Gasteiger partial charge is 0.494 e. The molecule has 1 aliphatic carbocycles. The molecule has 0 radical (unpaired) electrons. The lowest BCUT2D eigenvalue weighted by Crippen LogP contribution is -2.23. The first kappa shape index (κ1) is 28.4. The van der Waals surface area contributed by atoms with Gasteiger partial charge in [-0.15, -0.1) is 0 Å². The van der Waals surface area contributed by atoms with Gasteiger partial charge in [-0.3, -0.25) is 9.52 Å². The Morgan fingerprint density at radius 1 is 0.854 bits per heavy atom. The number of carbonyl (C=O) groups is 1. The lowest BCUT2D eigenvalue weighted by Gasteiger charge is -2.28. The summed E-state index contributed by atoms with van der Waals surface area (Å²) in [7, 11) is -3.41. The van der Waals surface area contributed by atoms with Crippen molar-refractivity contribution in [3.05, 3.63) is 125 Å². The smallest absolute Gasteiger partial charge is 0.229 e. The predicted molar refractivity (Wildman–Crippen MR) is 165 cm³/mol. The maximum absolute atomic E-state index is 13.3. The molecule has 1 N–H and O–H groups in total. The number of nitrogens with one attached hydrogen (secondary N) is 1. The van der Waals surface area contributed by atoms with Gasteiger partial charge in [-0.05, 0) is 60.2 Å². The Labute approximate surface area is 243 Å². The maximum Gasteiger partial charge on any atom is 0.229 e. The summed E-state index contributed by atoms with van der Waals surface area (Å²) >= 11 is 0. The molecule has 0 amide bonds. The van der Waals surface area contributed by atoms with Crippen molar-refractivity contribution in [2.75, 3.05) is 22.5 Å². The second-order valence-electron chi connectivity index (χ2n) is 10.8. The predicted octanol–water partition coefficient (Wildman–Crippen LogP) is 6.98. The van der Waals surface area contributed by atoms with Crippen molar-refractivity contribution >= 4 is 27.2 Å². The molecule has 0 bridgehead atoms. The highest BCUT2D eigenvalue weighted by molar-refractivity contribution is 7.92. The second kappa shape index (κ2) is 12.6. The SMILES string of the molecule is Cc1c(NS(C)(=O)=O)cccc1N(Cc1ccccc1)Cc1ccc(C(=O)c2cccc(OCCC3CC3)c2)cc1. The summed E-state index contributed by atoms with van der Waals surface area (Å²) in [5.74, 6) is 1.49. The summed E-state index contributed by atoms with van der Waals surface area (Å²) in [6.07, 6.45) is 4.82. The Kier molecular flexibility index (Phi) is 8.74. The zero-order valence-electron chi connectivity index (χ0n) is 23.5. The highest BCUT2D eigenvalue weighted by Gasteiger charge is 2.21. The third kappa shape index (κ3) is 7.98. The Hall–Kier alpha value is -4.10.